The van der Waals surface area contributed by atoms with Crippen molar-refractivity contribution >= 4 is 0 Å². The summed E-state index contributed by atoms with van der Waals surface area (Å²) in [4.78, 5) is 0. The molecule has 4 nitrogen and oxygen atoms in total. The van der Waals surface area contributed by atoms with Crippen LogP contribution in [0.4, 0.5) is 0 Å². The molecule has 1 unspecified atom stereocenters. The molecular formula is C8H18N2O2. The third-order valence-corrected chi connectivity index (χ3v) is 1.93. The molecule has 1 atom stereocenters. The van der Waals surface area contributed by atoms with E-state index in [-0.39, 0.29) is 6.23 Å². The molecule has 1 fully saturated rings. The minimum atomic E-state index is -0.327. The summed E-state index contributed by atoms with van der Waals surface area (Å²) in [7, 11) is 0. The van der Waals surface area contributed by atoms with Crippen molar-refractivity contribution < 1.29 is 9.84 Å². The minimum absolute atomic E-state index is 0.327. The van der Waals surface area contributed by atoms with Crippen LogP contribution in [0.1, 0.15) is 12.8 Å². The Morgan fingerprint density at radius 1 is 1.50 bits per heavy atom. The molecule has 0 aromatic rings. The van der Waals surface area contributed by atoms with Gasteiger partial charge in [0, 0.05) is 13.1 Å². The molecule has 4 heteroatoms. The number of hydrogen-bond donors (Lipinski definition) is 3. The average molecular weight is 174 g/mol. The van der Waals surface area contributed by atoms with E-state index in [0.29, 0.717) is 32.2 Å². The van der Waals surface area contributed by atoms with Gasteiger partial charge in [-0.2, -0.15) is 0 Å². The monoisotopic (exact) mass is 174 g/mol. The van der Waals surface area contributed by atoms with Gasteiger partial charge in [-0.05, 0) is 18.8 Å². The van der Waals surface area contributed by atoms with Crippen LogP contribution in [-0.2, 0) is 4.74 Å². The standard InChI is InChI=1S/C8H18N2O2/c9-3-5-12-6-4-10-8(11)7-1-2-7/h7-8,10-11H,1-6,9H2. The molecule has 1 aliphatic rings. The summed E-state index contributed by atoms with van der Waals surface area (Å²) in [6.07, 6.45) is 1.97. The van der Waals surface area contributed by atoms with Crippen LogP contribution in [0, 0.1) is 5.92 Å². The predicted octanol–water partition coefficient (Wildman–Crippen LogP) is -0.720. The first kappa shape index (κ1) is 9.92. The van der Waals surface area contributed by atoms with Gasteiger partial charge in [0.05, 0.1) is 13.2 Å². The summed E-state index contributed by atoms with van der Waals surface area (Å²) in [5.74, 6) is 0.486. The fraction of sp³-hybridized carbons (Fsp3) is 1.00. The lowest BCUT2D eigenvalue weighted by Crippen LogP contribution is -2.33. The van der Waals surface area contributed by atoms with Gasteiger partial charge in [0.15, 0.2) is 0 Å². The van der Waals surface area contributed by atoms with Crippen molar-refractivity contribution in [2.24, 2.45) is 11.7 Å². The molecule has 0 bridgehead atoms. The first-order valence-corrected chi connectivity index (χ1v) is 4.54. The van der Waals surface area contributed by atoms with E-state index in [1.54, 1.807) is 0 Å². The van der Waals surface area contributed by atoms with E-state index < -0.39 is 0 Å². The number of hydrogen-bond acceptors (Lipinski definition) is 4. The summed E-state index contributed by atoms with van der Waals surface area (Å²) in [5, 5.41) is 12.3. The van der Waals surface area contributed by atoms with Crippen molar-refractivity contribution in [2.45, 2.75) is 19.1 Å². The van der Waals surface area contributed by atoms with Crippen LogP contribution in [0.2, 0.25) is 0 Å². The largest absolute Gasteiger partial charge is 0.379 e. The Labute approximate surface area is 73.1 Å². The maximum Gasteiger partial charge on any atom is 0.107 e. The zero-order valence-electron chi connectivity index (χ0n) is 7.33. The van der Waals surface area contributed by atoms with Gasteiger partial charge in [-0.3, -0.25) is 5.32 Å². The number of aliphatic hydroxyl groups is 1. The molecular weight excluding hydrogens is 156 g/mol. The Bertz CT molecular complexity index is 118. The van der Waals surface area contributed by atoms with E-state index in [2.05, 4.69) is 5.32 Å². The second kappa shape index (κ2) is 5.48. The number of aliphatic hydroxyl groups excluding tert-OH is 1. The second-order valence-corrected chi connectivity index (χ2v) is 3.14. The third-order valence-electron chi connectivity index (χ3n) is 1.93. The summed E-state index contributed by atoms with van der Waals surface area (Å²) < 4.78 is 5.13. The molecule has 12 heavy (non-hydrogen) atoms. The molecule has 72 valence electrons. The van der Waals surface area contributed by atoms with Gasteiger partial charge >= 0.3 is 0 Å². The zero-order valence-corrected chi connectivity index (χ0v) is 7.33. The van der Waals surface area contributed by atoms with Gasteiger partial charge in [-0.15, -0.1) is 0 Å². The van der Waals surface area contributed by atoms with Crippen LogP contribution in [0.25, 0.3) is 0 Å². The highest BCUT2D eigenvalue weighted by atomic mass is 16.5. The van der Waals surface area contributed by atoms with E-state index in [0.717, 1.165) is 12.8 Å². The lowest BCUT2D eigenvalue weighted by atomic mass is 10.4. The number of nitrogens with one attached hydrogen (secondary N) is 1. The molecule has 4 N–H and O–H groups in total. The Balaban J connectivity index is 1.81. The Hall–Kier alpha value is -0.160. The molecule has 0 radical (unpaired) electrons. The predicted molar refractivity (Wildman–Crippen MR) is 46.6 cm³/mol. The fourth-order valence-electron chi connectivity index (χ4n) is 1.04. The Kier molecular flexibility index (Phi) is 4.53. The molecule has 0 aliphatic heterocycles. The van der Waals surface area contributed by atoms with Crippen LogP contribution in [0.3, 0.4) is 0 Å². The summed E-state index contributed by atoms with van der Waals surface area (Å²) in [6, 6.07) is 0. The van der Waals surface area contributed by atoms with E-state index >= 15 is 0 Å². The maximum atomic E-state index is 9.35. The van der Waals surface area contributed by atoms with Crippen molar-refractivity contribution in [1.29, 1.82) is 0 Å². The summed E-state index contributed by atoms with van der Waals surface area (Å²) >= 11 is 0. The van der Waals surface area contributed by atoms with Gasteiger partial charge in [-0.1, -0.05) is 0 Å². The first-order chi connectivity index (χ1) is 5.84. The smallest absolute Gasteiger partial charge is 0.107 e. The number of rotatable bonds is 7. The summed E-state index contributed by atoms with van der Waals surface area (Å²) in [6.45, 7) is 2.49. The Morgan fingerprint density at radius 2 is 2.25 bits per heavy atom. The summed E-state index contributed by atoms with van der Waals surface area (Å²) in [5.41, 5.74) is 5.23. The normalized spacial score (nSPS) is 19.5. The van der Waals surface area contributed by atoms with Gasteiger partial charge < -0.3 is 15.6 Å². The zero-order chi connectivity index (χ0) is 8.81. The lowest BCUT2D eigenvalue weighted by Gasteiger charge is -2.11. The quantitative estimate of drug-likeness (QED) is 0.352. The van der Waals surface area contributed by atoms with Crippen LogP contribution >= 0.6 is 0 Å². The molecule has 0 amide bonds. The minimum Gasteiger partial charge on any atom is -0.379 e. The van der Waals surface area contributed by atoms with Crippen molar-refractivity contribution in [1.82, 2.24) is 5.32 Å². The van der Waals surface area contributed by atoms with Crippen molar-refractivity contribution in [3.05, 3.63) is 0 Å². The van der Waals surface area contributed by atoms with Gasteiger partial charge in [0.25, 0.3) is 0 Å². The van der Waals surface area contributed by atoms with Gasteiger partial charge in [-0.25, -0.2) is 0 Å². The lowest BCUT2D eigenvalue weighted by molar-refractivity contribution is 0.0889. The van der Waals surface area contributed by atoms with Crippen molar-refractivity contribution in [2.75, 3.05) is 26.3 Å². The highest BCUT2D eigenvalue weighted by Gasteiger charge is 2.28. The SMILES string of the molecule is NCCOCCNC(O)C1CC1. The van der Waals surface area contributed by atoms with Crippen LogP contribution < -0.4 is 11.1 Å². The maximum absolute atomic E-state index is 9.35. The third kappa shape index (κ3) is 4.01. The van der Waals surface area contributed by atoms with Crippen LogP contribution in [0.15, 0.2) is 0 Å². The second-order valence-electron chi connectivity index (χ2n) is 3.14. The molecule has 0 saturated heterocycles. The number of nitrogens with two attached hydrogens (primary N) is 1. The van der Waals surface area contributed by atoms with E-state index in [1.165, 1.54) is 0 Å². The molecule has 0 aromatic carbocycles. The van der Waals surface area contributed by atoms with Crippen LogP contribution in [0.5, 0.6) is 0 Å². The highest BCUT2D eigenvalue weighted by Crippen LogP contribution is 2.31. The van der Waals surface area contributed by atoms with E-state index in [4.69, 9.17) is 10.5 Å². The number of ether oxygens (including phenoxy) is 1. The molecule has 0 heterocycles. The van der Waals surface area contributed by atoms with E-state index in [1.807, 2.05) is 0 Å². The highest BCUT2D eigenvalue weighted by molar-refractivity contribution is 4.78. The molecule has 1 saturated carbocycles. The first-order valence-electron chi connectivity index (χ1n) is 4.54. The van der Waals surface area contributed by atoms with Crippen LogP contribution in [-0.4, -0.2) is 37.6 Å². The van der Waals surface area contributed by atoms with Gasteiger partial charge in [0.2, 0.25) is 0 Å². The fourth-order valence-corrected chi connectivity index (χ4v) is 1.04. The van der Waals surface area contributed by atoms with Gasteiger partial charge in [0.1, 0.15) is 6.23 Å². The molecule has 0 aromatic heterocycles. The molecule has 0 spiro atoms. The van der Waals surface area contributed by atoms with Crippen molar-refractivity contribution in [3.8, 4) is 0 Å². The van der Waals surface area contributed by atoms with E-state index in [9.17, 15) is 5.11 Å². The van der Waals surface area contributed by atoms with Crippen molar-refractivity contribution in [3.63, 3.8) is 0 Å². The molecule has 1 aliphatic carbocycles. The molecule has 1 rings (SSSR count). The topological polar surface area (TPSA) is 67.5 Å². The average Bonchev–Trinajstić information content (AvgIpc) is 2.86. The Morgan fingerprint density at radius 3 is 2.83 bits per heavy atom.